The number of fused-ring (bicyclic) bond motifs is 5. The van der Waals surface area contributed by atoms with Gasteiger partial charge in [0.2, 0.25) is 0 Å². The number of esters is 1. The number of hydrogen-bond acceptors (Lipinski definition) is 7. The van der Waals surface area contributed by atoms with Gasteiger partial charge in [-0.3, -0.25) is 4.79 Å². The molecule has 0 bridgehead atoms. The van der Waals surface area contributed by atoms with Crippen molar-refractivity contribution in [2.24, 2.45) is 52.3 Å². The molecule has 0 aromatic rings. The Morgan fingerprint density at radius 3 is 1.98 bits per heavy atom. The van der Waals surface area contributed by atoms with Crippen molar-refractivity contribution in [2.45, 2.75) is 265 Å². The quantitative estimate of drug-likeness (QED) is 0.0390. The van der Waals surface area contributed by atoms with Gasteiger partial charge in [-0.2, -0.15) is 0 Å². The minimum atomic E-state index is -1.45. The lowest BCUT2D eigenvalue weighted by Gasteiger charge is -2.58. The first kappa shape index (κ1) is 54.4. The van der Waals surface area contributed by atoms with Crippen LogP contribution in [0.3, 0.4) is 0 Å². The maximum absolute atomic E-state index is 12.7. The molecule has 1 heterocycles. The van der Waals surface area contributed by atoms with Crippen molar-refractivity contribution >= 4 is 5.97 Å². The number of unbranched alkanes of at least 4 members (excludes halogenated alkanes) is 17. The average molecular weight is 909 g/mol. The van der Waals surface area contributed by atoms with Crippen LogP contribution in [0.5, 0.6) is 0 Å². The average Bonchev–Trinajstić information content (AvgIpc) is 3.65. The monoisotopic (exact) mass is 909 g/mol. The maximum atomic E-state index is 12.7. The van der Waals surface area contributed by atoms with E-state index in [4.69, 9.17) is 14.2 Å². The van der Waals surface area contributed by atoms with Gasteiger partial charge in [0.15, 0.2) is 6.29 Å². The topological polar surface area (TPSA) is 105 Å². The van der Waals surface area contributed by atoms with Crippen LogP contribution in [0.25, 0.3) is 0 Å². The Bertz CT molecular complexity index is 1450. The van der Waals surface area contributed by atoms with Crippen molar-refractivity contribution in [3.8, 4) is 0 Å². The van der Waals surface area contributed by atoms with Gasteiger partial charge in [0.1, 0.15) is 31.0 Å². The summed E-state index contributed by atoms with van der Waals surface area (Å²) in [5.41, 5.74) is 2.05. The van der Waals surface area contributed by atoms with E-state index in [-0.39, 0.29) is 24.1 Å². The summed E-state index contributed by atoms with van der Waals surface area (Å²) in [6.45, 7) is 16.7. The molecule has 1 aliphatic heterocycles. The van der Waals surface area contributed by atoms with E-state index in [0.717, 1.165) is 62.7 Å². The number of allylic oxidation sites excluding steroid dienone is 5. The summed E-state index contributed by atoms with van der Waals surface area (Å²) in [5, 5.41) is 32.6. The molecule has 7 heteroatoms. The van der Waals surface area contributed by atoms with Gasteiger partial charge < -0.3 is 29.5 Å². The fourth-order valence-corrected chi connectivity index (χ4v) is 13.4. The maximum Gasteiger partial charge on any atom is 0.305 e. The number of hydrogen-bond donors (Lipinski definition) is 3. The predicted molar refractivity (Wildman–Crippen MR) is 267 cm³/mol. The SMILES string of the molecule is CCCCCCCCCC/C=C\CCCCCCCCCCCC(=O)OCC1OC(OC2CCC3(C)C(=CCC4C3CCC3(C)C(C(C)/C=C/C(C)C(C)C)CCC43)C2)C(O)C(O)C1O. The molecule has 3 N–H and O–H groups in total. The summed E-state index contributed by atoms with van der Waals surface area (Å²) in [4.78, 5) is 12.7. The standard InChI is InChI=1S/C58H100O7/c1-8-9-10-11-12-13-14-15-16-17-18-19-20-21-22-23-24-25-26-27-28-29-52(59)63-41-51-53(60)54(61)55(62)56(65-51)64-46-36-38-57(6)45(40-46)32-33-47-49-35-34-48(58(49,7)39-37-50(47)57)44(5)31-30-43(4)42(2)3/h17-18,30-32,42-44,46-51,53-56,60-62H,8-16,19-29,33-41H2,1-7H3/b18-17-,31-30+. The van der Waals surface area contributed by atoms with E-state index in [9.17, 15) is 20.1 Å². The van der Waals surface area contributed by atoms with Crippen LogP contribution in [-0.4, -0.2) is 64.7 Å². The van der Waals surface area contributed by atoms with E-state index in [2.05, 4.69) is 78.8 Å². The van der Waals surface area contributed by atoms with Gasteiger partial charge >= 0.3 is 5.97 Å². The van der Waals surface area contributed by atoms with Crippen molar-refractivity contribution in [3.05, 3.63) is 36.0 Å². The molecule has 0 radical (unpaired) electrons. The molecule has 374 valence electrons. The van der Waals surface area contributed by atoms with Crippen LogP contribution in [-0.2, 0) is 19.0 Å². The molecule has 5 rings (SSSR count). The van der Waals surface area contributed by atoms with Crippen LogP contribution >= 0.6 is 0 Å². The third-order valence-corrected chi connectivity index (χ3v) is 18.1. The Hall–Kier alpha value is -1.51. The molecule has 4 fully saturated rings. The first-order chi connectivity index (χ1) is 31.3. The summed E-state index contributed by atoms with van der Waals surface area (Å²) in [6, 6.07) is 0. The number of rotatable bonds is 29. The zero-order chi connectivity index (χ0) is 46.8. The fourth-order valence-electron chi connectivity index (χ4n) is 13.4. The van der Waals surface area contributed by atoms with E-state index in [1.807, 2.05) is 0 Å². The Labute approximate surface area is 398 Å². The normalized spacial score (nSPS) is 34.7. The molecule has 0 aromatic carbocycles. The van der Waals surface area contributed by atoms with Crippen LogP contribution in [0.4, 0.5) is 0 Å². The molecule has 1 saturated heterocycles. The minimum absolute atomic E-state index is 0.150. The first-order valence-corrected chi connectivity index (χ1v) is 27.8. The zero-order valence-corrected chi connectivity index (χ0v) is 42.9. The van der Waals surface area contributed by atoms with E-state index >= 15 is 0 Å². The largest absolute Gasteiger partial charge is 0.463 e. The molecule has 0 spiro atoms. The molecule has 0 aromatic heterocycles. The second-order valence-corrected chi connectivity index (χ2v) is 23.0. The van der Waals surface area contributed by atoms with Crippen LogP contribution in [0.1, 0.15) is 228 Å². The number of carbonyl (C=O) groups is 1. The van der Waals surface area contributed by atoms with E-state index in [1.165, 1.54) is 134 Å². The number of carbonyl (C=O) groups excluding carboxylic acids is 1. The van der Waals surface area contributed by atoms with Crippen LogP contribution in [0.2, 0.25) is 0 Å². The second-order valence-electron chi connectivity index (χ2n) is 23.0. The highest BCUT2D eigenvalue weighted by molar-refractivity contribution is 5.69. The molecular weight excluding hydrogens is 809 g/mol. The molecule has 5 aliphatic rings. The second kappa shape index (κ2) is 27.6. The molecule has 14 unspecified atom stereocenters. The van der Waals surface area contributed by atoms with E-state index < -0.39 is 30.7 Å². The lowest BCUT2D eigenvalue weighted by molar-refractivity contribution is -0.313. The zero-order valence-electron chi connectivity index (χ0n) is 42.9. The number of aliphatic hydroxyl groups excluding tert-OH is 3. The Kier molecular flexibility index (Phi) is 23.1. The lowest BCUT2D eigenvalue weighted by atomic mass is 9.47. The van der Waals surface area contributed by atoms with Crippen molar-refractivity contribution in [1.82, 2.24) is 0 Å². The van der Waals surface area contributed by atoms with E-state index in [1.54, 1.807) is 0 Å². The Morgan fingerprint density at radius 2 is 1.35 bits per heavy atom. The van der Waals surface area contributed by atoms with Gasteiger partial charge in [-0.1, -0.05) is 174 Å². The van der Waals surface area contributed by atoms with Gasteiger partial charge in [-0.25, -0.2) is 0 Å². The third kappa shape index (κ3) is 15.5. The van der Waals surface area contributed by atoms with Crippen LogP contribution in [0.15, 0.2) is 36.0 Å². The number of aliphatic hydroxyl groups is 3. The summed E-state index contributed by atoms with van der Waals surface area (Å²) in [6.07, 6.45) is 39.5. The van der Waals surface area contributed by atoms with Gasteiger partial charge in [0.05, 0.1) is 6.10 Å². The molecule has 65 heavy (non-hydrogen) atoms. The van der Waals surface area contributed by atoms with Crippen molar-refractivity contribution < 1.29 is 34.3 Å². The predicted octanol–water partition coefficient (Wildman–Crippen LogP) is 14.2. The Balaban J connectivity index is 0.943. The van der Waals surface area contributed by atoms with Crippen LogP contribution in [0, 0.1) is 52.3 Å². The third-order valence-electron chi connectivity index (χ3n) is 18.1. The molecular formula is C58H100O7. The first-order valence-electron chi connectivity index (χ1n) is 27.8. The van der Waals surface area contributed by atoms with Crippen molar-refractivity contribution in [3.63, 3.8) is 0 Å². The van der Waals surface area contributed by atoms with E-state index in [0.29, 0.717) is 35.5 Å². The van der Waals surface area contributed by atoms with Gasteiger partial charge in [0.25, 0.3) is 0 Å². The lowest BCUT2D eigenvalue weighted by Crippen LogP contribution is -2.60. The summed E-state index contributed by atoms with van der Waals surface area (Å²) in [7, 11) is 0. The van der Waals surface area contributed by atoms with Gasteiger partial charge in [-0.05, 0) is 136 Å². The summed E-state index contributed by atoms with van der Waals surface area (Å²) >= 11 is 0. The molecule has 0 amide bonds. The summed E-state index contributed by atoms with van der Waals surface area (Å²) < 4.78 is 18.1. The highest BCUT2D eigenvalue weighted by Crippen LogP contribution is 2.67. The van der Waals surface area contributed by atoms with Crippen LogP contribution < -0.4 is 0 Å². The molecule has 14 atom stereocenters. The van der Waals surface area contributed by atoms with Crippen molar-refractivity contribution in [2.75, 3.05) is 6.61 Å². The molecule has 4 aliphatic carbocycles. The molecule has 7 nitrogen and oxygen atoms in total. The molecule has 3 saturated carbocycles. The Morgan fingerprint density at radius 1 is 0.738 bits per heavy atom. The fraction of sp³-hybridized carbons (Fsp3) is 0.879. The minimum Gasteiger partial charge on any atom is -0.463 e. The highest BCUT2D eigenvalue weighted by Gasteiger charge is 2.59. The highest BCUT2D eigenvalue weighted by atomic mass is 16.7. The van der Waals surface area contributed by atoms with Gasteiger partial charge in [0, 0.05) is 6.42 Å². The number of ether oxygens (including phenoxy) is 3. The van der Waals surface area contributed by atoms with Crippen molar-refractivity contribution in [1.29, 1.82) is 0 Å². The summed E-state index contributed by atoms with van der Waals surface area (Å²) in [5.74, 6) is 4.54. The smallest absolute Gasteiger partial charge is 0.305 e. The van der Waals surface area contributed by atoms with Gasteiger partial charge in [-0.15, -0.1) is 0 Å².